The van der Waals surface area contributed by atoms with Gasteiger partial charge < -0.3 is 14.6 Å². The van der Waals surface area contributed by atoms with Crippen molar-refractivity contribution in [2.24, 2.45) is 36.1 Å². The number of hydrogen-bond acceptors (Lipinski definition) is 10. The van der Waals surface area contributed by atoms with Crippen molar-refractivity contribution in [2.75, 3.05) is 19.1 Å². The number of ether oxygens (including phenoxy) is 2. The minimum atomic E-state index is -1.36. The number of anilines is 1. The number of phenols is 1. The van der Waals surface area contributed by atoms with Gasteiger partial charge in [0.1, 0.15) is 11.5 Å². The van der Waals surface area contributed by atoms with Crippen LogP contribution >= 0.6 is 22.9 Å². The number of hydroxylamine groups is 2. The Morgan fingerprint density at radius 2 is 1.70 bits per heavy atom. The van der Waals surface area contributed by atoms with E-state index in [9.17, 15) is 29.5 Å². The Morgan fingerprint density at radius 1 is 1.00 bits per heavy atom. The zero-order chi connectivity index (χ0) is 35.5. The van der Waals surface area contributed by atoms with Gasteiger partial charge in [-0.05, 0) is 79.5 Å². The Kier molecular flexibility index (Phi) is 7.24. The third kappa shape index (κ3) is 4.23. The summed E-state index contributed by atoms with van der Waals surface area (Å²) < 4.78 is 13.5. The van der Waals surface area contributed by atoms with Gasteiger partial charge in [0.05, 0.1) is 42.3 Å². The number of benzene rings is 2. The first-order valence-corrected chi connectivity index (χ1v) is 17.3. The molecule has 1 saturated carbocycles. The third-order valence-corrected chi connectivity index (χ3v) is 12.8. The van der Waals surface area contributed by atoms with Crippen LogP contribution in [0.3, 0.4) is 0 Å². The molecule has 50 heavy (non-hydrogen) atoms. The van der Waals surface area contributed by atoms with Crippen LogP contribution in [0.1, 0.15) is 36.8 Å². The Hall–Kier alpha value is -4.72. The summed E-state index contributed by atoms with van der Waals surface area (Å²) >= 11 is 7.83. The molecule has 3 fully saturated rings. The first-order valence-electron chi connectivity index (χ1n) is 16.1. The molecule has 2 aliphatic heterocycles. The number of allylic oxidation sites excluding steroid dienone is 2. The molecule has 4 aliphatic rings. The first-order chi connectivity index (χ1) is 23.8. The molecule has 12 nitrogen and oxygen atoms in total. The number of carbonyl (C=O) groups is 4. The minimum absolute atomic E-state index is 0.106. The van der Waals surface area contributed by atoms with Crippen molar-refractivity contribution < 1.29 is 39.0 Å². The molecular weight excluding hydrogens is 684 g/mol. The van der Waals surface area contributed by atoms with Crippen LogP contribution in [0.15, 0.2) is 48.0 Å². The summed E-state index contributed by atoms with van der Waals surface area (Å²) in [5.74, 6) is -6.00. The summed E-state index contributed by atoms with van der Waals surface area (Å²) in [6.07, 6.45) is 2.16. The topological polar surface area (TPSA) is 151 Å². The van der Waals surface area contributed by atoms with Gasteiger partial charge in [-0.3, -0.25) is 29.1 Å². The molecule has 8 rings (SSSR count). The van der Waals surface area contributed by atoms with Crippen LogP contribution in [0.2, 0.25) is 5.02 Å². The second-order valence-corrected chi connectivity index (χ2v) is 15.1. The molecule has 2 aromatic heterocycles. The lowest BCUT2D eigenvalue weighted by atomic mass is 9.51. The molecule has 4 aromatic rings. The smallest absolute Gasteiger partial charge is 0.257 e. The minimum Gasteiger partial charge on any atom is -0.502 e. The highest BCUT2D eigenvalue weighted by molar-refractivity contribution is 7.22. The molecule has 2 aromatic carbocycles. The van der Waals surface area contributed by atoms with E-state index in [-0.39, 0.29) is 35.2 Å². The fourth-order valence-electron chi connectivity index (χ4n) is 8.89. The van der Waals surface area contributed by atoms with Gasteiger partial charge >= 0.3 is 0 Å². The zero-order valence-corrected chi connectivity index (χ0v) is 29.3. The van der Waals surface area contributed by atoms with Crippen molar-refractivity contribution in [1.29, 1.82) is 0 Å². The molecule has 0 spiro atoms. The van der Waals surface area contributed by atoms with Gasteiger partial charge in [0, 0.05) is 28.8 Å². The number of halogens is 1. The Balaban J connectivity index is 1.28. The SMILES string of the molecule is COc1cc(C2C3=CCC4C(=O)N(O)C(=O)C4C3CC3C(=O)N(c4cc(-c5sc6ccc(Cl)cc6c5C)nn4C)C(=O)C32C)cc(OC)c1O. The third-order valence-electron chi connectivity index (χ3n) is 11.3. The van der Waals surface area contributed by atoms with Crippen LogP contribution in [0.4, 0.5) is 5.82 Å². The van der Waals surface area contributed by atoms with E-state index in [0.29, 0.717) is 27.7 Å². The maximum Gasteiger partial charge on any atom is 0.257 e. The average molecular weight is 717 g/mol. The lowest BCUT2D eigenvalue weighted by molar-refractivity contribution is -0.173. The summed E-state index contributed by atoms with van der Waals surface area (Å²) in [7, 11) is 4.48. The lowest BCUT2D eigenvalue weighted by Crippen LogP contribution is -2.48. The van der Waals surface area contributed by atoms with E-state index in [4.69, 9.17) is 26.2 Å². The summed E-state index contributed by atoms with van der Waals surface area (Å²) in [4.78, 5) is 58.0. The van der Waals surface area contributed by atoms with Crippen molar-refractivity contribution >= 4 is 62.5 Å². The quantitative estimate of drug-likeness (QED) is 0.153. The number of rotatable bonds is 5. The van der Waals surface area contributed by atoms with Crippen LogP contribution in [-0.4, -0.2) is 63.0 Å². The molecule has 6 unspecified atom stereocenters. The lowest BCUT2D eigenvalue weighted by Gasteiger charge is -2.49. The Morgan fingerprint density at radius 3 is 2.38 bits per heavy atom. The van der Waals surface area contributed by atoms with Gasteiger partial charge in [0.25, 0.3) is 11.8 Å². The number of nitrogens with zero attached hydrogens (tertiary/aromatic N) is 4. The molecule has 4 heterocycles. The van der Waals surface area contributed by atoms with Crippen molar-refractivity contribution in [3.05, 3.63) is 64.2 Å². The summed E-state index contributed by atoms with van der Waals surface area (Å²) in [5, 5.41) is 27.7. The number of fused-ring (bicyclic) bond motifs is 5. The summed E-state index contributed by atoms with van der Waals surface area (Å²) in [6.45, 7) is 3.74. The fourth-order valence-corrected chi connectivity index (χ4v) is 10.2. The van der Waals surface area contributed by atoms with E-state index in [2.05, 4.69) is 0 Å². The number of thiophene rings is 1. The zero-order valence-electron chi connectivity index (χ0n) is 27.8. The van der Waals surface area contributed by atoms with Gasteiger partial charge in [0.15, 0.2) is 11.5 Å². The number of hydrogen-bond donors (Lipinski definition) is 2. The molecule has 258 valence electrons. The molecule has 0 bridgehead atoms. The van der Waals surface area contributed by atoms with Gasteiger partial charge in [-0.2, -0.15) is 10.2 Å². The van der Waals surface area contributed by atoms with Crippen molar-refractivity contribution in [2.45, 2.75) is 32.6 Å². The molecule has 2 saturated heterocycles. The van der Waals surface area contributed by atoms with Crippen LogP contribution in [0.5, 0.6) is 17.2 Å². The molecule has 2 aliphatic carbocycles. The van der Waals surface area contributed by atoms with E-state index in [1.54, 1.807) is 43.5 Å². The molecule has 6 atom stereocenters. The highest BCUT2D eigenvalue weighted by atomic mass is 35.5. The number of phenolic OH excluding ortho intramolecular Hbond substituents is 1. The normalized spacial score (nSPS) is 27.5. The van der Waals surface area contributed by atoms with Crippen molar-refractivity contribution in [3.63, 3.8) is 0 Å². The molecule has 2 N–H and O–H groups in total. The van der Waals surface area contributed by atoms with E-state index < -0.39 is 58.6 Å². The maximum atomic E-state index is 15.0. The average Bonchev–Trinajstić information content (AvgIpc) is 3.76. The fraction of sp³-hybridized carbons (Fsp3) is 0.361. The highest BCUT2D eigenvalue weighted by Crippen LogP contribution is 2.64. The number of aromatic nitrogens is 2. The second-order valence-electron chi connectivity index (χ2n) is 13.6. The van der Waals surface area contributed by atoms with Crippen LogP contribution < -0.4 is 14.4 Å². The standard InChI is InChI=1S/C36H33ClN4O8S/c1-15-20-12-17(37)6-9-26(20)50-31(15)23-14-27(39(3)38-23)40-33(44)22-13-21-18(7-8-19-28(21)34(45)41(47)32(19)43)29(36(22,2)35(40)46)16-10-24(48-4)30(42)25(11-16)49-5/h6-7,9-12,14,19,21-22,28-29,42,47H,8,13H2,1-5H3. The van der Waals surface area contributed by atoms with Crippen molar-refractivity contribution in [3.8, 4) is 27.8 Å². The number of aryl methyl sites for hydroxylation is 2. The monoisotopic (exact) mass is 716 g/mol. The van der Waals surface area contributed by atoms with Gasteiger partial charge in [0.2, 0.25) is 17.6 Å². The van der Waals surface area contributed by atoms with Gasteiger partial charge in [-0.1, -0.05) is 23.3 Å². The number of amides is 4. The van der Waals surface area contributed by atoms with E-state index >= 15 is 0 Å². The van der Waals surface area contributed by atoms with Crippen molar-refractivity contribution in [1.82, 2.24) is 14.8 Å². The summed E-state index contributed by atoms with van der Waals surface area (Å²) in [5.41, 5.74) is 1.46. The number of methoxy groups -OCH3 is 2. The van der Waals surface area contributed by atoms with Crippen LogP contribution in [-0.2, 0) is 26.2 Å². The van der Waals surface area contributed by atoms with Gasteiger partial charge in [-0.15, -0.1) is 11.3 Å². The van der Waals surface area contributed by atoms with Crippen LogP contribution in [0.25, 0.3) is 20.7 Å². The number of carbonyl (C=O) groups excluding carboxylic acids is 4. The van der Waals surface area contributed by atoms with Gasteiger partial charge in [-0.25, -0.2) is 4.90 Å². The van der Waals surface area contributed by atoms with E-state index in [1.165, 1.54) is 23.8 Å². The first kappa shape index (κ1) is 32.5. The highest BCUT2D eigenvalue weighted by Gasteiger charge is 2.68. The van der Waals surface area contributed by atoms with E-state index in [1.807, 2.05) is 31.2 Å². The molecular formula is C36H33ClN4O8S. The van der Waals surface area contributed by atoms with Crippen LogP contribution in [0, 0.1) is 36.0 Å². The maximum absolute atomic E-state index is 15.0. The molecule has 4 amide bonds. The number of imide groups is 2. The largest absolute Gasteiger partial charge is 0.502 e. The second kappa shape index (κ2) is 11.1. The predicted octanol–water partition coefficient (Wildman–Crippen LogP) is 5.61. The van der Waals surface area contributed by atoms with E-state index in [0.717, 1.165) is 20.5 Å². The molecule has 0 radical (unpaired) electrons. The predicted molar refractivity (Wildman–Crippen MR) is 183 cm³/mol. The number of aromatic hydroxyl groups is 1. The Labute approximate surface area is 295 Å². The Bertz CT molecular complexity index is 2200. The summed E-state index contributed by atoms with van der Waals surface area (Å²) in [6, 6.07) is 10.6. The molecule has 14 heteroatoms.